The van der Waals surface area contributed by atoms with Crippen LogP contribution in [-0.4, -0.2) is 34.9 Å². The molecule has 3 heteroatoms. The van der Waals surface area contributed by atoms with Gasteiger partial charge in [0.25, 0.3) is 0 Å². The van der Waals surface area contributed by atoms with Gasteiger partial charge >= 0.3 is 0 Å². The first-order chi connectivity index (χ1) is 11.2. The maximum atomic E-state index is 9.77. The fourth-order valence-electron chi connectivity index (χ4n) is 2.81. The second kappa shape index (κ2) is 8.82. The fourth-order valence-corrected chi connectivity index (χ4v) is 2.81. The molecule has 0 bridgehead atoms. The Bertz CT molecular complexity index is 503. The predicted molar refractivity (Wildman–Crippen MR) is 93.9 cm³/mol. The van der Waals surface area contributed by atoms with E-state index in [0.29, 0.717) is 6.54 Å². The van der Waals surface area contributed by atoms with E-state index < -0.39 is 5.41 Å². The second-order valence-electron chi connectivity index (χ2n) is 6.29. The van der Waals surface area contributed by atoms with Crippen LogP contribution in [0.4, 0.5) is 0 Å². The molecule has 0 aliphatic rings. The first-order valence-corrected chi connectivity index (χ1v) is 8.23. The van der Waals surface area contributed by atoms with Crippen LogP contribution in [0.15, 0.2) is 60.7 Å². The molecule has 0 radical (unpaired) electrons. The molecule has 0 saturated carbocycles. The molecule has 2 N–H and O–H groups in total. The summed E-state index contributed by atoms with van der Waals surface area (Å²) in [7, 11) is 0. The highest BCUT2D eigenvalue weighted by Crippen LogP contribution is 2.24. The lowest BCUT2D eigenvalue weighted by Gasteiger charge is -2.35. The van der Waals surface area contributed by atoms with Crippen LogP contribution in [0.1, 0.15) is 24.5 Å². The summed E-state index contributed by atoms with van der Waals surface area (Å²) in [5.74, 6) is 0. The van der Waals surface area contributed by atoms with Gasteiger partial charge in [0.05, 0.1) is 13.2 Å². The highest BCUT2D eigenvalue weighted by molar-refractivity contribution is 5.17. The SMILES string of the molecule is CCC(CO)(CO)CN(Cc1ccccc1)Cc1ccccc1. The van der Waals surface area contributed by atoms with Crippen LogP contribution in [0, 0.1) is 5.41 Å². The minimum absolute atomic E-state index is 0.0000787. The lowest BCUT2D eigenvalue weighted by Crippen LogP contribution is -2.42. The molecular weight excluding hydrogens is 286 g/mol. The molecule has 2 aromatic rings. The van der Waals surface area contributed by atoms with Gasteiger partial charge in [-0.15, -0.1) is 0 Å². The number of hydrogen-bond donors (Lipinski definition) is 2. The van der Waals surface area contributed by atoms with Crippen molar-refractivity contribution in [1.82, 2.24) is 4.90 Å². The van der Waals surface area contributed by atoms with Crippen molar-refractivity contribution < 1.29 is 10.2 Å². The van der Waals surface area contributed by atoms with Crippen LogP contribution < -0.4 is 0 Å². The Kier molecular flexibility index (Phi) is 6.78. The summed E-state index contributed by atoms with van der Waals surface area (Å²) in [5, 5.41) is 19.5. The minimum atomic E-state index is -0.455. The highest BCUT2D eigenvalue weighted by Gasteiger charge is 2.29. The number of rotatable bonds is 9. The van der Waals surface area contributed by atoms with E-state index in [0.717, 1.165) is 19.5 Å². The van der Waals surface area contributed by atoms with Crippen LogP contribution in [0.2, 0.25) is 0 Å². The zero-order valence-corrected chi connectivity index (χ0v) is 13.9. The van der Waals surface area contributed by atoms with E-state index in [4.69, 9.17) is 0 Å². The predicted octanol–water partition coefficient (Wildman–Crippen LogP) is 3.07. The summed E-state index contributed by atoms with van der Waals surface area (Å²) in [6.07, 6.45) is 0.750. The number of aliphatic hydroxyl groups excluding tert-OH is 2. The Balaban J connectivity index is 2.16. The number of aliphatic hydroxyl groups is 2. The van der Waals surface area contributed by atoms with Gasteiger partial charge in [0.2, 0.25) is 0 Å². The summed E-state index contributed by atoms with van der Waals surface area (Å²) in [6.45, 7) is 4.30. The lowest BCUT2D eigenvalue weighted by molar-refractivity contribution is 0.0135. The Hall–Kier alpha value is -1.68. The van der Waals surface area contributed by atoms with Crippen molar-refractivity contribution in [2.75, 3.05) is 19.8 Å². The van der Waals surface area contributed by atoms with Gasteiger partial charge in [-0.25, -0.2) is 0 Å². The maximum Gasteiger partial charge on any atom is 0.0521 e. The molecule has 0 spiro atoms. The van der Waals surface area contributed by atoms with Crippen LogP contribution in [-0.2, 0) is 13.1 Å². The highest BCUT2D eigenvalue weighted by atomic mass is 16.3. The third-order valence-electron chi connectivity index (χ3n) is 4.48. The summed E-state index contributed by atoms with van der Waals surface area (Å²) in [5.41, 5.74) is 2.03. The van der Waals surface area contributed by atoms with Crippen molar-refractivity contribution in [2.45, 2.75) is 26.4 Å². The molecule has 0 saturated heterocycles. The molecule has 2 aromatic carbocycles. The molecule has 0 atom stereocenters. The van der Waals surface area contributed by atoms with Crippen molar-refractivity contribution in [1.29, 1.82) is 0 Å². The number of benzene rings is 2. The van der Waals surface area contributed by atoms with Gasteiger partial charge in [-0.1, -0.05) is 67.6 Å². The zero-order chi connectivity index (χ0) is 16.5. The first-order valence-electron chi connectivity index (χ1n) is 8.23. The molecule has 3 nitrogen and oxygen atoms in total. The van der Waals surface area contributed by atoms with Crippen molar-refractivity contribution in [3.05, 3.63) is 71.8 Å². The van der Waals surface area contributed by atoms with Gasteiger partial charge in [-0.3, -0.25) is 4.90 Å². The molecule has 124 valence electrons. The van der Waals surface area contributed by atoms with Crippen molar-refractivity contribution in [2.24, 2.45) is 5.41 Å². The van der Waals surface area contributed by atoms with Gasteiger partial charge in [0, 0.05) is 25.0 Å². The monoisotopic (exact) mass is 313 g/mol. The molecule has 0 fully saturated rings. The molecule has 0 aliphatic heterocycles. The third-order valence-corrected chi connectivity index (χ3v) is 4.48. The van der Waals surface area contributed by atoms with E-state index in [1.807, 2.05) is 43.3 Å². The van der Waals surface area contributed by atoms with Gasteiger partial charge in [-0.05, 0) is 17.5 Å². The molecule has 23 heavy (non-hydrogen) atoms. The first kappa shape index (κ1) is 17.7. The second-order valence-corrected chi connectivity index (χ2v) is 6.29. The Morgan fingerprint density at radius 1 is 0.783 bits per heavy atom. The normalized spacial score (nSPS) is 11.8. The Labute approximate surface area is 139 Å². The van der Waals surface area contributed by atoms with E-state index in [2.05, 4.69) is 29.2 Å². The summed E-state index contributed by atoms with van der Waals surface area (Å²) >= 11 is 0. The standard InChI is InChI=1S/C20H27NO2/c1-2-20(16-22,17-23)15-21(13-18-9-5-3-6-10-18)14-19-11-7-4-8-12-19/h3-12,22-23H,2,13-17H2,1H3. The van der Waals surface area contributed by atoms with E-state index in [-0.39, 0.29) is 13.2 Å². The number of hydrogen-bond acceptors (Lipinski definition) is 3. The molecule has 0 heterocycles. The molecule has 2 rings (SSSR count). The number of nitrogens with zero attached hydrogens (tertiary/aromatic N) is 1. The Morgan fingerprint density at radius 2 is 1.22 bits per heavy atom. The molecule has 0 aliphatic carbocycles. The van der Waals surface area contributed by atoms with Crippen molar-refractivity contribution in [3.63, 3.8) is 0 Å². The van der Waals surface area contributed by atoms with Crippen LogP contribution in [0.5, 0.6) is 0 Å². The molecule has 0 amide bonds. The summed E-state index contributed by atoms with van der Waals surface area (Å²) in [4.78, 5) is 2.31. The van der Waals surface area contributed by atoms with E-state index in [1.165, 1.54) is 11.1 Å². The quantitative estimate of drug-likeness (QED) is 0.748. The summed E-state index contributed by atoms with van der Waals surface area (Å²) < 4.78 is 0. The molecule has 0 aromatic heterocycles. The third kappa shape index (κ3) is 5.17. The largest absolute Gasteiger partial charge is 0.396 e. The smallest absolute Gasteiger partial charge is 0.0521 e. The average Bonchev–Trinajstić information content (AvgIpc) is 2.61. The van der Waals surface area contributed by atoms with Gasteiger partial charge < -0.3 is 10.2 Å². The van der Waals surface area contributed by atoms with E-state index >= 15 is 0 Å². The Morgan fingerprint density at radius 3 is 1.57 bits per heavy atom. The van der Waals surface area contributed by atoms with Gasteiger partial charge in [0.15, 0.2) is 0 Å². The van der Waals surface area contributed by atoms with E-state index in [9.17, 15) is 10.2 Å². The zero-order valence-electron chi connectivity index (χ0n) is 13.9. The maximum absolute atomic E-state index is 9.77. The minimum Gasteiger partial charge on any atom is -0.396 e. The van der Waals surface area contributed by atoms with Crippen LogP contribution >= 0.6 is 0 Å². The van der Waals surface area contributed by atoms with Gasteiger partial charge in [0.1, 0.15) is 0 Å². The van der Waals surface area contributed by atoms with Crippen LogP contribution in [0.3, 0.4) is 0 Å². The summed E-state index contributed by atoms with van der Waals surface area (Å²) in [6, 6.07) is 20.7. The van der Waals surface area contributed by atoms with E-state index in [1.54, 1.807) is 0 Å². The van der Waals surface area contributed by atoms with Crippen LogP contribution in [0.25, 0.3) is 0 Å². The fraction of sp³-hybridized carbons (Fsp3) is 0.400. The molecular formula is C20H27NO2. The van der Waals surface area contributed by atoms with Crippen molar-refractivity contribution in [3.8, 4) is 0 Å². The average molecular weight is 313 g/mol. The molecule has 0 unspecified atom stereocenters. The van der Waals surface area contributed by atoms with Gasteiger partial charge in [-0.2, -0.15) is 0 Å². The van der Waals surface area contributed by atoms with Crippen molar-refractivity contribution >= 4 is 0 Å². The topological polar surface area (TPSA) is 43.7 Å². The lowest BCUT2D eigenvalue weighted by atomic mass is 9.86.